The molecule has 7 N–H and O–H groups in total. The SMILES string of the molecule is NC(CC(=O)O)C(=O)N1CCCC1C(=O)NC(Cc1ccccc1)C(=O)NC(CCC(=O)O)C(=O)O. The molecule has 1 heterocycles. The minimum Gasteiger partial charge on any atom is -0.481 e. The van der Waals surface area contributed by atoms with E-state index in [1.54, 1.807) is 30.3 Å². The molecule has 13 nitrogen and oxygen atoms in total. The molecule has 4 atom stereocenters. The van der Waals surface area contributed by atoms with Crippen LogP contribution < -0.4 is 16.4 Å². The van der Waals surface area contributed by atoms with Gasteiger partial charge in [0.2, 0.25) is 17.7 Å². The summed E-state index contributed by atoms with van der Waals surface area (Å²) in [6.45, 7) is 0.191. The predicted molar refractivity (Wildman–Crippen MR) is 123 cm³/mol. The lowest BCUT2D eigenvalue weighted by molar-refractivity contribution is -0.144. The highest BCUT2D eigenvalue weighted by Crippen LogP contribution is 2.19. The van der Waals surface area contributed by atoms with Gasteiger partial charge in [-0.25, -0.2) is 4.79 Å². The minimum absolute atomic E-state index is 0.00285. The van der Waals surface area contributed by atoms with Crippen LogP contribution >= 0.6 is 0 Å². The summed E-state index contributed by atoms with van der Waals surface area (Å²) in [5.74, 6) is -6.10. The second kappa shape index (κ2) is 13.2. The van der Waals surface area contributed by atoms with Gasteiger partial charge in [0.15, 0.2) is 0 Å². The van der Waals surface area contributed by atoms with Crippen LogP contribution in [-0.4, -0.2) is 86.6 Å². The molecule has 1 fully saturated rings. The van der Waals surface area contributed by atoms with E-state index in [4.69, 9.17) is 15.9 Å². The summed E-state index contributed by atoms with van der Waals surface area (Å²) in [7, 11) is 0. The second-order valence-electron chi connectivity index (χ2n) is 8.48. The smallest absolute Gasteiger partial charge is 0.326 e. The first kappa shape index (κ1) is 28.2. The van der Waals surface area contributed by atoms with E-state index in [2.05, 4.69) is 10.6 Å². The molecule has 13 heteroatoms. The van der Waals surface area contributed by atoms with Gasteiger partial charge >= 0.3 is 17.9 Å². The molecule has 0 aromatic heterocycles. The number of rotatable bonds is 13. The van der Waals surface area contributed by atoms with Crippen molar-refractivity contribution >= 4 is 35.6 Å². The Morgan fingerprint density at radius 2 is 1.64 bits per heavy atom. The lowest BCUT2D eigenvalue weighted by atomic mass is 10.0. The number of hydrogen-bond acceptors (Lipinski definition) is 7. The zero-order valence-electron chi connectivity index (χ0n) is 19.5. The van der Waals surface area contributed by atoms with Crippen LogP contribution in [0.25, 0.3) is 0 Å². The largest absolute Gasteiger partial charge is 0.481 e. The van der Waals surface area contributed by atoms with Crippen LogP contribution in [-0.2, 0) is 35.2 Å². The quantitative estimate of drug-likeness (QED) is 0.190. The van der Waals surface area contributed by atoms with Gasteiger partial charge in [-0.15, -0.1) is 0 Å². The average molecular weight is 507 g/mol. The maximum atomic E-state index is 13.1. The molecule has 36 heavy (non-hydrogen) atoms. The molecule has 0 radical (unpaired) electrons. The second-order valence-corrected chi connectivity index (χ2v) is 8.48. The molecule has 0 aliphatic carbocycles. The van der Waals surface area contributed by atoms with Crippen molar-refractivity contribution in [3.63, 3.8) is 0 Å². The van der Waals surface area contributed by atoms with Crippen molar-refractivity contribution in [3.8, 4) is 0 Å². The van der Waals surface area contributed by atoms with Crippen LogP contribution in [0.4, 0.5) is 0 Å². The lowest BCUT2D eigenvalue weighted by Crippen LogP contribution is -2.57. The molecule has 0 saturated carbocycles. The Balaban J connectivity index is 2.18. The highest BCUT2D eigenvalue weighted by atomic mass is 16.4. The number of carbonyl (C=O) groups is 6. The van der Waals surface area contributed by atoms with Gasteiger partial charge in [0.25, 0.3) is 0 Å². The van der Waals surface area contributed by atoms with E-state index in [0.717, 1.165) is 0 Å². The number of carbonyl (C=O) groups excluding carboxylic acids is 3. The monoisotopic (exact) mass is 506 g/mol. The summed E-state index contributed by atoms with van der Waals surface area (Å²) in [6.07, 6.45) is -0.696. The summed E-state index contributed by atoms with van der Waals surface area (Å²) in [6, 6.07) is 3.60. The van der Waals surface area contributed by atoms with E-state index >= 15 is 0 Å². The third-order valence-electron chi connectivity index (χ3n) is 5.73. The number of nitrogens with two attached hydrogens (primary N) is 1. The van der Waals surface area contributed by atoms with Gasteiger partial charge in [-0.3, -0.25) is 24.0 Å². The van der Waals surface area contributed by atoms with Crippen molar-refractivity contribution in [1.29, 1.82) is 0 Å². The summed E-state index contributed by atoms with van der Waals surface area (Å²) < 4.78 is 0. The van der Waals surface area contributed by atoms with Gasteiger partial charge in [-0.2, -0.15) is 0 Å². The Kier molecular flexibility index (Phi) is 10.3. The fourth-order valence-corrected chi connectivity index (χ4v) is 3.92. The van der Waals surface area contributed by atoms with Gasteiger partial charge in [0.05, 0.1) is 12.5 Å². The van der Waals surface area contributed by atoms with Crippen LogP contribution in [0.3, 0.4) is 0 Å². The third-order valence-corrected chi connectivity index (χ3v) is 5.73. The molecule has 1 aromatic carbocycles. The van der Waals surface area contributed by atoms with Gasteiger partial charge in [-0.05, 0) is 24.8 Å². The van der Waals surface area contributed by atoms with E-state index < -0.39 is 72.6 Å². The molecule has 0 spiro atoms. The molecule has 2 rings (SSSR count). The van der Waals surface area contributed by atoms with Gasteiger partial charge in [0.1, 0.15) is 18.1 Å². The van der Waals surface area contributed by atoms with E-state index in [-0.39, 0.29) is 25.8 Å². The van der Waals surface area contributed by atoms with Gasteiger partial charge in [0, 0.05) is 19.4 Å². The van der Waals surface area contributed by atoms with E-state index in [1.807, 2.05) is 0 Å². The topological polar surface area (TPSA) is 216 Å². The first-order valence-electron chi connectivity index (χ1n) is 11.4. The molecule has 1 saturated heterocycles. The van der Waals surface area contributed by atoms with E-state index in [0.29, 0.717) is 12.0 Å². The predicted octanol–water partition coefficient (Wildman–Crippen LogP) is -1.06. The van der Waals surface area contributed by atoms with Gasteiger partial charge in [-0.1, -0.05) is 30.3 Å². The molecule has 1 aliphatic heterocycles. The van der Waals surface area contributed by atoms with Crippen molar-refractivity contribution in [2.45, 2.75) is 62.7 Å². The maximum Gasteiger partial charge on any atom is 0.326 e. The number of nitrogens with zero attached hydrogens (tertiary/aromatic N) is 1. The van der Waals surface area contributed by atoms with E-state index in [9.17, 15) is 33.9 Å². The number of hydrogen-bond donors (Lipinski definition) is 6. The van der Waals surface area contributed by atoms with Crippen LogP contribution in [0.1, 0.15) is 37.7 Å². The zero-order chi connectivity index (χ0) is 26.8. The summed E-state index contributed by atoms with van der Waals surface area (Å²) in [5, 5.41) is 32.0. The molecule has 3 amide bonds. The number of carboxylic acid groups (broad SMARTS) is 3. The van der Waals surface area contributed by atoms with Crippen LogP contribution in [0, 0.1) is 0 Å². The number of aliphatic carboxylic acids is 3. The highest BCUT2D eigenvalue weighted by Gasteiger charge is 2.38. The van der Waals surface area contributed by atoms with Crippen molar-refractivity contribution in [1.82, 2.24) is 15.5 Å². The number of nitrogens with one attached hydrogen (secondary N) is 2. The normalized spacial score (nSPS) is 17.5. The van der Waals surface area contributed by atoms with Gasteiger partial charge < -0.3 is 36.6 Å². The average Bonchev–Trinajstić information content (AvgIpc) is 3.30. The first-order valence-corrected chi connectivity index (χ1v) is 11.4. The fraction of sp³-hybridized carbons (Fsp3) is 0.478. The van der Waals surface area contributed by atoms with Crippen molar-refractivity contribution in [2.24, 2.45) is 5.73 Å². The number of benzene rings is 1. The van der Waals surface area contributed by atoms with E-state index in [1.165, 1.54) is 4.90 Å². The Bertz CT molecular complexity index is 985. The Labute approximate surface area is 206 Å². The molecule has 1 aromatic rings. The molecule has 4 unspecified atom stereocenters. The summed E-state index contributed by atoms with van der Waals surface area (Å²) in [5.41, 5.74) is 6.34. The Morgan fingerprint density at radius 3 is 2.22 bits per heavy atom. The number of amides is 3. The zero-order valence-corrected chi connectivity index (χ0v) is 19.5. The van der Waals surface area contributed by atoms with Crippen molar-refractivity contribution in [2.75, 3.05) is 6.54 Å². The highest BCUT2D eigenvalue weighted by molar-refractivity contribution is 5.95. The van der Waals surface area contributed by atoms with Crippen molar-refractivity contribution < 1.29 is 44.1 Å². The Hall–Kier alpha value is -4.00. The van der Waals surface area contributed by atoms with Crippen LogP contribution in [0.5, 0.6) is 0 Å². The molecular weight excluding hydrogens is 476 g/mol. The Morgan fingerprint density at radius 1 is 0.972 bits per heavy atom. The van der Waals surface area contributed by atoms with Crippen LogP contribution in [0.2, 0.25) is 0 Å². The summed E-state index contributed by atoms with van der Waals surface area (Å²) >= 11 is 0. The standard InChI is InChI=1S/C23H30N4O9/c24-14(12-19(30)31)22(34)27-10-4-7-17(27)21(33)26-16(11-13-5-2-1-3-6-13)20(32)25-15(23(35)36)8-9-18(28)29/h1-3,5-6,14-17H,4,7-12,24H2,(H,25,32)(H,26,33)(H,28,29)(H,30,31)(H,35,36). The number of carboxylic acids is 3. The van der Waals surface area contributed by atoms with Crippen molar-refractivity contribution in [3.05, 3.63) is 35.9 Å². The maximum absolute atomic E-state index is 13.1. The number of likely N-dealkylation sites (tertiary alicyclic amines) is 1. The first-order chi connectivity index (χ1) is 17.0. The van der Waals surface area contributed by atoms with Crippen LogP contribution in [0.15, 0.2) is 30.3 Å². The molecular formula is C23H30N4O9. The lowest BCUT2D eigenvalue weighted by Gasteiger charge is -2.28. The molecule has 1 aliphatic rings. The molecule has 196 valence electrons. The minimum atomic E-state index is -1.48. The summed E-state index contributed by atoms with van der Waals surface area (Å²) in [4.78, 5) is 73.2. The fourth-order valence-electron chi connectivity index (χ4n) is 3.92. The molecule has 0 bridgehead atoms. The third kappa shape index (κ3) is 8.34.